The molecule has 3 aromatic heterocycles. The van der Waals surface area contributed by atoms with Crippen LogP contribution in [0.15, 0.2) is 35.4 Å². The zero-order valence-electron chi connectivity index (χ0n) is 15.9. The van der Waals surface area contributed by atoms with E-state index in [0.29, 0.717) is 11.6 Å². The minimum Gasteiger partial charge on any atom is -0.384 e. The van der Waals surface area contributed by atoms with Gasteiger partial charge >= 0.3 is 0 Å². The van der Waals surface area contributed by atoms with Crippen LogP contribution in [0.5, 0.6) is 0 Å². The molecule has 1 aliphatic rings. The Morgan fingerprint density at radius 2 is 2.11 bits per heavy atom. The minimum atomic E-state index is -0.166. The van der Waals surface area contributed by atoms with Gasteiger partial charge in [-0.15, -0.1) is 5.10 Å². The molecule has 3 aromatic rings. The van der Waals surface area contributed by atoms with Gasteiger partial charge in [-0.2, -0.15) is 4.52 Å². The Kier molecular flexibility index (Phi) is 4.51. The van der Waals surface area contributed by atoms with Crippen LogP contribution in [0.25, 0.3) is 5.65 Å². The molecule has 1 aliphatic heterocycles. The summed E-state index contributed by atoms with van der Waals surface area (Å²) in [5.41, 5.74) is 4.81. The molecule has 0 aromatic carbocycles. The second kappa shape index (κ2) is 6.98. The second-order valence-electron chi connectivity index (χ2n) is 7.48. The number of fused-ring (bicyclic) bond motifs is 2. The standard InChI is InChI=1S/C20H24N6O/c1-13(2)10-22-16-9-15-12-25(7-5-17(15)23-11-16)20-14(3)8-18-21-6-4-19(27)26(18)24-20/h4,6,8-9,11,13,22H,5,7,10,12H2,1-3H3. The highest BCUT2D eigenvalue weighted by atomic mass is 16.1. The van der Waals surface area contributed by atoms with E-state index >= 15 is 0 Å². The van der Waals surface area contributed by atoms with E-state index in [4.69, 9.17) is 0 Å². The molecule has 1 N–H and O–H groups in total. The molecule has 0 atom stereocenters. The monoisotopic (exact) mass is 364 g/mol. The Morgan fingerprint density at radius 1 is 1.26 bits per heavy atom. The number of aromatic nitrogens is 4. The number of hydrogen-bond acceptors (Lipinski definition) is 6. The van der Waals surface area contributed by atoms with Gasteiger partial charge in [0.05, 0.1) is 11.9 Å². The van der Waals surface area contributed by atoms with Gasteiger partial charge in [0.1, 0.15) is 0 Å². The van der Waals surface area contributed by atoms with Crippen molar-refractivity contribution in [2.24, 2.45) is 5.92 Å². The van der Waals surface area contributed by atoms with Crippen LogP contribution < -0.4 is 15.8 Å². The Bertz CT molecular complexity index is 1040. The normalized spacial score (nSPS) is 13.9. The van der Waals surface area contributed by atoms with Crippen LogP contribution >= 0.6 is 0 Å². The van der Waals surface area contributed by atoms with Crippen LogP contribution in [0.1, 0.15) is 30.7 Å². The fraction of sp³-hybridized carbons (Fsp3) is 0.400. The highest BCUT2D eigenvalue weighted by Crippen LogP contribution is 2.26. The van der Waals surface area contributed by atoms with Gasteiger partial charge < -0.3 is 10.2 Å². The first-order valence-corrected chi connectivity index (χ1v) is 9.33. The molecule has 0 bridgehead atoms. The molecule has 0 radical (unpaired) electrons. The molecule has 27 heavy (non-hydrogen) atoms. The third-order valence-electron chi connectivity index (χ3n) is 4.80. The summed E-state index contributed by atoms with van der Waals surface area (Å²) in [6, 6.07) is 5.53. The molecular weight excluding hydrogens is 340 g/mol. The van der Waals surface area contributed by atoms with Crippen LogP contribution in [0.4, 0.5) is 11.5 Å². The summed E-state index contributed by atoms with van der Waals surface area (Å²) >= 11 is 0. The van der Waals surface area contributed by atoms with Crippen LogP contribution in [-0.4, -0.2) is 32.7 Å². The van der Waals surface area contributed by atoms with Crippen molar-refractivity contribution in [1.29, 1.82) is 0 Å². The molecule has 0 unspecified atom stereocenters. The van der Waals surface area contributed by atoms with Crippen molar-refractivity contribution in [1.82, 2.24) is 19.6 Å². The van der Waals surface area contributed by atoms with Crippen LogP contribution in [0.3, 0.4) is 0 Å². The van der Waals surface area contributed by atoms with Gasteiger partial charge in [-0.25, -0.2) is 4.98 Å². The quantitative estimate of drug-likeness (QED) is 0.766. The topological polar surface area (TPSA) is 75.4 Å². The average molecular weight is 364 g/mol. The van der Waals surface area contributed by atoms with Crippen molar-refractivity contribution in [3.05, 3.63) is 57.8 Å². The van der Waals surface area contributed by atoms with Crippen molar-refractivity contribution in [3.63, 3.8) is 0 Å². The van der Waals surface area contributed by atoms with Crippen molar-refractivity contribution in [2.45, 2.75) is 33.7 Å². The van der Waals surface area contributed by atoms with E-state index in [9.17, 15) is 4.79 Å². The highest BCUT2D eigenvalue weighted by molar-refractivity contribution is 5.55. The van der Waals surface area contributed by atoms with Crippen LogP contribution in [0.2, 0.25) is 0 Å². The largest absolute Gasteiger partial charge is 0.384 e. The zero-order chi connectivity index (χ0) is 19.0. The average Bonchev–Trinajstić information content (AvgIpc) is 2.65. The van der Waals surface area contributed by atoms with Gasteiger partial charge in [0.2, 0.25) is 0 Å². The Morgan fingerprint density at radius 3 is 2.93 bits per heavy atom. The number of rotatable bonds is 4. The lowest BCUT2D eigenvalue weighted by Gasteiger charge is -2.30. The zero-order valence-corrected chi connectivity index (χ0v) is 15.9. The number of pyridine rings is 1. The van der Waals surface area contributed by atoms with Gasteiger partial charge in [0.15, 0.2) is 11.5 Å². The van der Waals surface area contributed by atoms with E-state index < -0.39 is 0 Å². The van der Waals surface area contributed by atoms with E-state index in [0.717, 1.165) is 48.8 Å². The Balaban J connectivity index is 1.65. The van der Waals surface area contributed by atoms with E-state index in [1.165, 1.54) is 22.3 Å². The summed E-state index contributed by atoms with van der Waals surface area (Å²) in [7, 11) is 0. The van der Waals surface area contributed by atoms with Gasteiger partial charge in [0, 0.05) is 44.0 Å². The number of hydrogen-bond donors (Lipinski definition) is 1. The number of nitrogens with one attached hydrogen (secondary N) is 1. The van der Waals surface area contributed by atoms with E-state index in [2.05, 4.69) is 45.2 Å². The van der Waals surface area contributed by atoms with Gasteiger partial charge in [-0.3, -0.25) is 9.78 Å². The third kappa shape index (κ3) is 3.49. The first-order valence-electron chi connectivity index (χ1n) is 9.33. The first kappa shape index (κ1) is 17.5. The molecule has 0 amide bonds. The van der Waals surface area contributed by atoms with E-state index in [-0.39, 0.29) is 5.56 Å². The molecule has 140 valence electrons. The maximum atomic E-state index is 12.1. The van der Waals surface area contributed by atoms with Gasteiger partial charge in [0.25, 0.3) is 5.56 Å². The Hall–Kier alpha value is -2.96. The summed E-state index contributed by atoms with van der Waals surface area (Å²) in [6.07, 6.45) is 4.30. The number of anilines is 2. The summed E-state index contributed by atoms with van der Waals surface area (Å²) in [4.78, 5) is 23.2. The summed E-state index contributed by atoms with van der Waals surface area (Å²) in [6.45, 7) is 8.86. The van der Waals surface area contributed by atoms with Crippen molar-refractivity contribution in [2.75, 3.05) is 23.3 Å². The molecule has 0 saturated carbocycles. The lowest BCUT2D eigenvalue weighted by atomic mass is 10.0. The van der Waals surface area contributed by atoms with Crippen molar-refractivity contribution >= 4 is 17.2 Å². The predicted octanol–water partition coefficient (Wildman–Crippen LogP) is 2.42. The molecule has 0 spiro atoms. The van der Waals surface area contributed by atoms with Gasteiger partial charge in [-0.1, -0.05) is 13.8 Å². The maximum absolute atomic E-state index is 12.1. The molecular formula is C20H24N6O. The predicted molar refractivity (Wildman–Crippen MR) is 106 cm³/mol. The fourth-order valence-electron chi connectivity index (χ4n) is 3.38. The summed E-state index contributed by atoms with van der Waals surface area (Å²) < 4.78 is 1.37. The smallest absolute Gasteiger partial charge is 0.274 e. The lowest BCUT2D eigenvalue weighted by molar-refractivity contribution is 0.679. The summed E-state index contributed by atoms with van der Waals surface area (Å²) in [5.74, 6) is 1.40. The van der Waals surface area contributed by atoms with Gasteiger partial charge in [-0.05, 0) is 36.1 Å². The molecule has 7 heteroatoms. The summed E-state index contributed by atoms with van der Waals surface area (Å²) in [5, 5.41) is 8.03. The minimum absolute atomic E-state index is 0.166. The van der Waals surface area contributed by atoms with Crippen LogP contribution in [-0.2, 0) is 13.0 Å². The molecule has 0 aliphatic carbocycles. The maximum Gasteiger partial charge on any atom is 0.274 e. The van der Waals surface area contributed by atoms with E-state index in [1.54, 1.807) is 0 Å². The lowest BCUT2D eigenvalue weighted by Crippen LogP contribution is -2.33. The van der Waals surface area contributed by atoms with Crippen molar-refractivity contribution in [3.8, 4) is 0 Å². The van der Waals surface area contributed by atoms with E-state index in [1.807, 2.05) is 19.2 Å². The number of aryl methyl sites for hydroxylation is 1. The molecule has 7 nitrogen and oxygen atoms in total. The first-order chi connectivity index (χ1) is 13.0. The fourth-order valence-corrected chi connectivity index (χ4v) is 3.38. The number of nitrogens with zero attached hydrogens (tertiary/aromatic N) is 5. The second-order valence-corrected chi connectivity index (χ2v) is 7.48. The molecule has 0 fully saturated rings. The third-order valence-corrected chi connectivity index (χ3v) is 4.80. The van der Waals surface area contributed by atoms with Crippen LogP contribution in [0, 0.1) is 12.8 Å². The SMILES string of the molecule is Cc1cc2nccc(=O)n2nc1N1CCc2ncc(NCC(C)C)cc2C1. The molecule has 4 rings (SSSR count). The van der Waals surface area contributed by atoms with Crippen molar-refractivity contribution < 1.29 is 0 Å². The molecule has 4 heterocycles. The molecule has 0 saturated heterocycles. The Labute approximate surface area is 158 Å². The highest BCUT2D eigenvalue weighted by Gasteiger charge is 2.21.